The average molecular weight is 266 g/mol. The molecule has 0 spiro atoms. The van der Waals surface area contributed by atoms with Crippen molar-refractivity contribution in [1.29, 1.82) is 0 Å². The molecule has 1 radical (unpaired) electrons. The molecule has 0 aromatic heterocycles. The molecule has 0 saturated carbocycles. The minimum atomic E-state index is 0. The topological polar surface area (TPSA) is 58.9 Å². The molecule has 2 N–H and O–H groups in total. The third-order valence-corrected chi connectivity index (χ3v) is 1.18. The first-order valence-electron chi connectivity index (χ1n) is 4.01. The summed E-state index contributed by atoms with van der Waals surface area (Å²) in [7, 11) is 0. The quantitative estimate of drug-likeness (QED) is 0.457. The second kappa shape index (κ2) is 12.9. The maximum absolute atomic E-state index is 8.38. The molecular formula is C8H17O4Y-. The zero-order valence-corrected chi connectivity index (χ0v) is 10.7. The van der Waals surface area contributed by atoms with Gasteiger partial charge in [-0.15, -0.1) is 5.92 Å². The standard InChI is InChI=1S/C8H17O4.Y/c1-8(6-11-4-2-9)7-12-5-3-10;/h8-10H,1-7H2;/q-1;. The Morgan fingerprint density at radius 3 is 1.69 bits per heavy atom. The average Bonchev–Trinajstić information content (AvgIpc) is 2.06. The summed E-state index contributed by atoms with van der Waals surface area (Å²) >= 11 is 0. The van der Waals surface area contributed by atoms with E-state index >= 15 is 0 Å². The summed E-state index contributed by atoms with van der Waals surface area (Å²) < 4.78 is 10.0. The molecule has 0 aliphatic carbocycles. The van der Waals surface area contributed by atoms with Gasteiger partial charge in [0.1, 0.15) is 0 Å². The summed E-state index contributed by atoms with van der Waals surface area (Å²) in [6.07, 6.45) is 0. The monoisotopic (exact) mass is 266 g/mol. The van der Waals surface area contributed by atoms with E-state index in [0.29, 0.717) is 26.4 Å². The van der Waals surface area contributed by atoms with Crippen LogP contribution in [0, 0.1) is 12.8 Å². The first-order valence-corrected chi connectivity index (χ1v) is 4.01. The van der Waals surface area contributed by atoms with Crippen molar-refractivity contribution >= 4 is 0 Å². The second-order valence-electron chi connectivity index (χ2n) is 2.46. The minimum absolute atomic E-state index is 0. The van der Waals surface area contributed by atoms with E-state index in [9.17, 15) is 0 Å². The van der Waals surface area contributed by atoms with Crippen molar-refractivity contribution in [3.05, 3.63) is 6.92 Å². The Hall–Kier alpha value is 0.944. The number of hydrogen-bond donors (Lipinski definition) is 2. The fraction of sp³-hybridized carbons (Fsp3) is 0.875. The van der Waals surface area contributed by atoms with E-state index in [2.05, 4.69) is 6.92 Å². The van der Waals surface area contributed by atoms with Gasteiger partial charge in [0.05, 0.1) is 26.4 Å². The first-order chi connectivity index (χ1) is 5.81. The maximum Gasteiger partial charge on any atom is 0.0696 e. The van der Waals surface area contributed by atoms with Crippen molar-refractivity contribution in [2.45, 2.75) is 0 Å². The fourth-order valence-corrected chi connectivity index (χ4v) is 0.677. The Bertz CT molecular complexity index is 82.2. The Balaban J connectivity index is 0. The predicted octanol–water partition coefficient (Wildman–Crippen LogP) is -0.548. The third kappa shape index (κ3) is 12.9. The normalized spacial score (nSPS) is 10.2. The molecule has 0 fully saturated rings. The van der Waals surface area contributed by atoms with Crippen LogP contribution in [0.1, 0.15) is 0 Å². The second-order valence-corrected chi connectivity index (χ2v) is 2.46. The van der Waals surface area contributed by atoms with Crippen molar-refractivity contribution in [2.75, 3.05) is 39.6 Å². The van der Waals surface area contributed by atoms with Gasteiger partial charge in [-0.05, 0) is 0 Å². The summed E-state index contributed by atoms with van der Waals surface area (Å²) in [6.45, 7) is 5.47. The van der Waals surface area contributed by atoms with E-state index in [0.717, 1.165) is 0 Å². The molecular weight excluding hydrogens is 249 g/mol. The van der Waals surface area contributed by atoms with Gasteiger partial charge >= 0.3 is 0 Å². The van der Waals surface area contributed by atoms with Crippen LogP contribution >= 0.6 is 0 Å². The van der Waals surface area contributed by atoms with E-state index in [1.165, 1.54) is 0 Å². The summed E-state index contributed by atoms with van der Waals surface area (Å²) in [6, 6.07) is 0. The van der Waals surface area contributed by atoms with Crippen LogP contribution in [0.2, 0.25) is 0 Å². The molecule has 0 unspecified atom stereocenters. The van der Waals surface area contributed by atoms with Gasteiger partial charge in [-0.1, -0.05) is 0 Å². The van der Waals surface area contributed by atoms with Gasteiger partial charge in [0.15, 0.2) is 0 Å². The number of hydrogen-bond acceptors (Lipinski definition) is 4. The summed E-state index contributed by atoms with van der Waals surface area (Å²) in [5.41, 5.74) is 0. The molecule has 0 rings (SSSR count). The first kappa shape index (κ1) is 16.4. The van der Waals surface area contributed by atoms with Crippen molar-refractivity contribution < 1.29 is 52.4 Å². The Labute approximate surface area is 104 Å². The molecule has 0 aromatic carbocycles. The van der Waals surface area contributed by atoms with Gasteiger partial charge in [0.2, 0.25) is 0 Å². The van der Waals surface area contributed by atoms with Crippen LogP contribution in [0.3, 0.4) is 0 Å². The summed E-state index contributed by atoms with van der Waals surface area (Å²) in [5, 5.41) is 16.8. The van der Waals surface area contributed by atoms with Crippen LogP contribution in [-0.4, -0.2) is 49.9 Å². The Morgan fingerprint density at radius 2 is 1.38 bits per heavy atom. The maximum atomic E-state index is 8.38. The number of ether oxygens (including phenoxy) is 2. The van der Waals surface area contributed by atoms with Crippen molar-refractivity contribution in [2.24, 2.45) is 5.92 Å². The molecule has 5 heteroatoms. The van der Waals surface area contributed by atoms with Crippen LogP contribution < -0.4 is 0 Å². The van der Waals surface area contributed by atoms with Crippen LogP contribution in [-0.2, 0) is 42.2 Å². The molecule has 0 aliphatic rings. The van der Waals surface area contributed by atoms with Gasteiger partial charge < -0.3 is 26.6 Å². The van der Waals surface area contributed by atoms with E-state index in [1.807, 2.05) is 0 Å². The van der Waals surface area contributed by atoms with E-state index in [1.54, 1.807) is 0 Å². The SMILES string of the molecule is [CH2-]C(COCCO)COCCO.[Y]. The van der Waals surface area contributed by atoms with E-state index in [-0.39, 0.29) is 51.8 Å². The fourth-order valence-electron chi connectivity index (χ4n) is 0.677. The molecule has 0 aliphatic heterocycles. The minimum Gasteiger partial charge on any atom is -0.394 e. The third-order valence-electron chi connectivity index (χ3n) is 1.18. The Kier molecular flexibility index (Phi) is 16.3. The number of rotatable bonds is 8. The van der Waals surface area contributed by atoms with E-state index < -0.39 is 0 Å². The smallest absolute Gasteiger partial charge is 0.0696 e. The zero-order valence-electron chi connectivity index (χ0n) is 7.82. The molecule has 4 nitrogen and oxygen atoms in total. The number of aliphatic hydroxyl groups excluding tert-OH is 2. The van der Waals surface area contributed by atoms with Crippen LogP contribution in [0.4, 0.5) is 0 Å². The summed E-state index contributed by atoms with van der Waals surface area (Å²) in [4.78, 5) is 0. The number of aliphatic hydroxyl groups is 2. The summed E-state index contributed by atoms with van der Waals surface area (Å²) in [5.74, 6) is 0.0584. The molecule has 0 saturated heterocycles. The molecule has 0 aromatic rings. The molecule has 0 bridgehead atoms. The molecule has 0 amide bonds. The largest absolute Gasteiger partial charge is 0.394 e. The zero-order chi connectivity index (χ0) is 9.23. The van der Waals surface area contributed by atoms with Crippen LogP contribution in [0.5, 0.6) is 0 Å². The molecule has 77 valence electrons. The Morgan fingerprint density at radius 1 is 1.00 bits per heavy atom. The van der Waals surface area contributed by atoms with Gasteiger partial charge in [-0.3, -0.25) is 0 Å². The molecule has 13 heavy (non-hydrogen) atoms. The van der Waals surface area contributed by atoms with Gasteiger partial charge in [0, 0.05) is 45.9 Å². The van der Waals surface area contributed by atoms with Crippen LogP contribution in [0.15, 0.2) is 0 Å². The molecule has 0 heterocycles. The van der Waals surface area contributed by atoms with Crippen molar-refractivity contribution in [3.63, 3.8) is 0 Å². The van der Waals surface area contributed by atoms with Gasteiger partial charge in [-0.2, -0.15) is 0 Å². The predicted molar refractivity (Wildman–Crippen MR) is 44.7 cm³/mol. The van der Waals surface area contributed by atoms with E-state index in [4.69, 9.17) is 19.7 Å². The molecule has 0 atom stereocenters. The van der Waals surface area contributed by atoms with Gasteiger partial charge in [0.25, 0.3) is 0 Å². The van der Waals surface area contributed by atoms with Crippen molar-refractivity contribution in [1.82, 2.24) is 0 Å². The van der Waals surface area contributed by atoms with Crippen LogP contribution in [0.25, 0.3) is 0 Å². The van der Waals surface area contributed by atoms with Crippen molar-refractivity contribution in [3.8, 4) is 0 Å². The van der Waals surface area contributed by atoms with Gasteiger partial charge in [-0.25, -0.2) is 0 Å².